The number of hydrogen-bond donors (Lipinski definition) is 0. The van der Waals surface area contributed by atoms with Crippen molar-refractivity contribution < 1.29 is 8.85 Å². The summed E-state index contributed by atoms with van der Waals surface area (Å²) in [5, 5.41) is 0.303. The molecule has 0 aliphatic carbocycles. The first-order chi connectivity index (χ1) is 17.2. The van der Waals surface area contributed by atoms with Gasteiger partial charge in [0.25, 0.3) is 0 Å². The second-order valence-electron chi connectivity index (χ2n) is 14.2. The summed E-state index contributed by atoms with van der Waals surface area (Å²) in [7, 11) is -7.13. The lowest BCUT2D eigenvalue weighted by Gasteiger charge is -2.37. The van der Waals surface area contributed by atoms with Gasteiger partial charge in [-0.3, -0.25) is 0 Å². The van der Waals surface area contributed by atoms with Crippen molar-refractivity contribution in [2.45, 2.75) is 156 Å². The van der Waals surface area contributed by atoms with Crippen LogP contribution in [0.25, 0.3) is 0 Å². The van der Waals surface area contributed by atoms with E-state index in [0.29, 0.717) is 13.2 Å². The largest absolute Gasteiger partial charge is 0.412 e. The molecule has 0 aromatic carbocycles. The van der Waals surface area contributed by atoms with Gasteiger partial charge in [-0.25, -0.2) is 0 Å². The molecule has 0 aromatic heterocycles. The Kier molecular flexibility index (Phi) is 14.9. The highest BCUT2D eigenvalue weighted by atomic mass is 28.4. The zero-order chi connectivity index (χ0) is 30.1. The molecule has 0 rings (SSSR count). The molecule has 38 heavy (non-hydrogen) atoms. The van der Waals surface area contributed by atoms with Crippen LogP contribution in [0.2, 0.25) is 72.5 Å². The molecule has 0 unspecified atom stereocenters. The molecule has 0 N–H and O–H groups in total. The monoisotopic (exact) mass is 592 g/mol. The second kappa shape index (κ2) is 15.0. The van der Waals surface area contributed by atoms with Gasteiger partial charge in [0.15, 0.2) is 16.6 Å². The summed E-state index contributed by atoms with van der Waals surface area (Å²) in [5.41, 5.74) is 9.91. The molecule has 220 valence electrons. The van der Waals surface area contributed by atoms with E-state index in [4.69, 9.17) is 8.85 Å². The Morgan fingerprint density at radius 1 is 0.500 bits per heavy atom. The topological polar surface area (TPSA) is 18.5 Å². The summed E-state index contributed by atoms with van der Waals surface area (Å²) in [5.74, 6) is 7.48. The fraction of sp³-hybridized carbons (Fsp3) is 0.812. The average Bonchev–Trinajstić information content (AvgIpc) is 2.83. The van der Waals surface area contributed by atoms with Crippen molar-refractivity contribution in [2.75, 3.05) is 13.2 Å². The summed E-state index contributed by atoms with van der Waals surface area (Å²) in [6, 6.07) is 7.18. The first-order valence-electron chi connectivity index (χ1n) is 15.3. The fourth-order valence-electron chi connectivity index (χ4n) is 3.78. The van der Waals surface area contributed by atoms with Crippen molar-refractivity contribution in [2.24, 2.45) is 0 Å². The van der Waals surface area contributed by atoms with Gasteiger partial charge >= 0.3 is 0 Å². The van der Waals surface area contributed by atoms with E-state index in [1.54, 1.807) is 0 Å². The van der Waals surface area contributed by atoms with Crippen molar-refractivity contribution in [3.8, 4) is 22.9 Å². The molecule has 6 heteroatoms. The Balaban J connectivity index is 7.13. The van der Waals surface area contributed by atoms with Crippen molar-refractivity contribution in [1.82, 2.24) is 0 Å². The Morgan fingerprint density at radius 3 is 0.921 bits per heavy atom. The molecule has 0 atom stereocenters. The van der Waals surface area contributed by atoms with Crippen LogP contribution in [0.1, 0.15) is 83.1 Å². The van der Waals surface area contributed by atoms with Crippen LogP contribution < -0.4 is 0 Å². The quantitative estimate of drug-likeness (QED) is 0.166. The predicted molar refractivity (Wildman–Crippen MR) is 183 cm³/mol. The van der Waals surface area contributed by atoms with Crippen molar-refractivity contribution >= 4 is 32.8 Å². The summed E-state index contributed by atoms with van der Waals surface area (Å²) in [4.78, 5) is 0. The molecule has 0 radical (unpaired) electrons. The maximum absolute atomic E-state index is 6.81. The van der Waals surface area contributed by atoms with E-state index in [1.165, 1.54) is 36.3 Å². The van der Waals surface area contributed by atoms with E-state index in [0.717, 1.165) is 11.1 Å². The van der Waals surface area contributed by atoms with Crippen LogP contribution >= 0.6 is 0 Å². The molecule has 0 saturated heterocycles. The van der Waals surface area contributed by atoms with Gasteiger partial charge in [0.05, 0.1) is 13.2 Å². The van der Waals surface area contributed by atoms with Crippen LogP contribution in [0.3, 0.4) is 0 Å². The lowest BCUT2D eigenvalue weighted by molar-refractivity contribution is 0.308. The minimum Gasteiger partial charge on any atom is -0.412 e. The molecule has 0 saturated carbocycles. The van der Waals surface area contributed by atoms with Crippen LogP contribution in [0.4, 0.5) is 0 Å². The predicted octanol–water partition coefficient (Wildman–Crippen LogP) is 10.4. The maximum atomic E-state index is 6.81. The molecule has 0 aliphatic heterocycles. The minimum atomic E-state index is -1.95. The van der Waals surface area contributed by atoms with Gasteiger partial charge in [0.2, 0.25) is 0 Å². The van der Waals surface area contributed by atoms with Gasteiger partial charge < -0.3 is 8.85 Å². The van der Waals surface area contributed by atoms with E-state index in [9.17, 15) is 0 Å². The van der Waals surface area contributed by atoms with E-state index in [2.05, 4.69) is 132 Å². The lowest BCUT2D eigenvalue weighted by atomic mass is 10.1. The molecule has 0 bridgehead atoms. The summed E-state index contributed by atoms with van der Waals surface area (Å²) in [6.45, 7) is 38.3. The van der Waals surface area contributed by atoms with E-state index in [-0.39, 0.29) is 10.1 Å². The van der Waals surface area contributed by atoms with Crippen LogP contribution in [-0.2, 0) is 8.85 Å². The Morgan fingerprint density at radius 2 is 0.737 bits per heavy atom. The van der Waals surface area contributed by atoms with Crippen LogP contribution in [-0.4, -0.2) is 46.0 Å². The van der Waals surface area contributed by atoms with Gasteiger partial charge in [-0.2, -0.15) is 0 Å². The molecule has 2 nitrogen and oxygen atoms in total. The Bertz CT molecular complexity index is 798. The van der Waals surface area contributed by atoms with Gasteiger partial charge in [-0.15, -0.1) is 11.1 Å². The summed E-state index contributed by atoms with van der Waals surface area (Å²) in [6.07, 6.45) is 0. The molecule has 0 aromatic rings. The number of rotatable bonds is 12. The zero-order valence-electron chi connectivity index (χ0n) is 28.5. The molecular formula is C32H64O2Si4. The Labute approximate surface area is 243 Å². The van der Waals surface area contributed by atoms with E-state index >= 15 is 0 Å². The maximum Gasteiger partial charge on any atom is 0.192 e. The third kappa shape index (κ3) is 10.6. The highest BCUT2D eigenvalue weighted by molar-refractivity contribution is 6.87. The van der Waals surface area contributed by atoms with E-state index < -0.39 is 32.8 Å². The SMILES string of the molecule is CC[Si](C#C/C(CO[Si](C)(C)C(C)(C)C)=C(\C#C[Si](CC)(CC)CC)CO[Si](C)(C)C(C)(C)C)(CC)CC. The van der Waals surface area contributed by atoms with Gasteiger partial charge in [0, 0.05) is 11.1 Å². The molecule has 0 amide bonds. The Hall–Kier alpha value is -0.352. The standard InChI is InChI=1S/C32H64O2Si4/c1-17-37(18-2,19-3)25-23-29(27-33-35(13,14)31(7,8)9)30(24-26-38(20-4,21-5)22-6)28-34-36(15,16)32(10,11)12/h17-22,27-28H2,1-16H3/b30-29-. The summed E-state index contributed by atoms with van der Waals surface area (Å²) < 4.78 is 13.6. The van der Waals surface area contributed by atoms with E-state index in [1.807, 2.05) is 0 Å². The average molecular weight is 593 g/mol. The van der Waals surface area contributed by atoms with Crippen LogP contribution in [0.5, 0.6) is 0 Å². The second-order valence-corrected chi connectivity index (χ2v) is 33.7. The smallest absolute Gasteiger partial charge is 0.192 e. The van der Waals surface area contributed by atoms with Gasteiger partial charge in [-0.05, 0) is 72.5 Å². The lowest BCUT2D eigenvalue weighted by Crippen LogP contribution is -2.42. The van der Waals surface area contributed by atoms with Crippen LogP contribution in [0.15, 0.2) is 11.1 Å². The zero-order valence-corrected chi connectivity index (χ0v) is 32.5. The fourth-order valence-corrected chi connectivity index (χ4v) is 10.6. The van der Waals surface area contributed by atoms with Crippen molar-refractivity contribution in [3.63, 3.8) is 0 Å². The van der Waals surface area contributed by atoms with Crippen molar-refractivity contribution in [1.29, 1.82) is 0 Å². The van der Waals surface area contributed by atoms with Crippen molar-refractivity contribution in [3.05, 3.63) is 11.1 Å². The number of hydrogen-bond acceptors (Lipinski definition) is 2. The highest BCUT2D eigenvalue weighted by Crippen LogP contribution is 2.38. The minimum absolute atomic E-state index is 0.151. The summed E-state index contributed by atoms with van der Waals surface area (Å²) >= 11 is 0. The van der Waals surface area contributed by atoms with Crippen LogP contribution in [0, 0.1) is 22.9 Å². The normalized spacial score (nSPS) is 14.3. The highest BCUT2D eigenvalue weighted by Gasteiger charge is 2.39. The van der Waals surface area contributed by atoms with Gasteiger partial charge in [0.1, 0.15) is 16.1 Å². The van der Waals surface area contributed by atoms with Gasteiger partial charge in [-0.1, -0.05) is 94.9 Å². The molecule has 0 fully saturated rings. The third-order valence-electron chi connectivity index (χ3n) is 10.1. The first kappa shape index (κ1) is 37.6. The molecule has 0 spiro atoms. The molecule has 0 aliphatic rings. The first-order valence-corrected chi connectivity index (χ1v) is 26.4. The third-order valence-corrected chi connectivity index (χ3v) is 28.5. The molecular weight excluding hydrogens is 529 g/mol. The molecule has 0 heterocycles.